The van der Waals surface area contributed by atoms with Crippen LogP contribution in [0.1, 0.15) is 41.0 Å². The van der Waals surface area contributed by atoms with Crippen molar-refractivity contribution in [1.82, 2.24) is 10.2 Å². The molecule has 3 rings (SSSR count). The number of hydrogen-bond acceptors (Lipinski definition) is 8. The highest BCUT2D eigenvalue weighted by Gasteiger charge is 2.60. The van der Waals surface area contributed by atoms with Crippen molar-refractivity contribution in [3.05, 3.63) is 10.6 Å². The zero-order valence-electron chi connectivity index (χ0n) is 17.7. The van der Waals surface area contributed by atoms with E-state index in [9.17, 15) is 24.3 Å². The van der Waals surface area contributed by atoms with E-state index in [0.717, 1.165) is 0 Å². The van der Waals surface area contributed by atoms with Crippen LogP contribution in [-0.4, -0.2) is 64.0 Å². The third-order valence-corrected chi connectivity index (χ3v) is 7.05. The third kappa shape index (κ3) is 4.07. The first-order valence-electron chi connectivity index (χ1n) is 10.1. The molecule has 6 atom stereocenters. The fourth-order valence-electron chi connectivity index (χ4n) is 4.04. The number of fused-ring (bicyclic) bond motifs is 1. The van der Waals surface area contributed by atoms with Crippen molar-refractivity contribution in [2.45, 2.75) is 64.7 Å². The van der Waals surface area contributed by atoms with E-state index in [4.69, 9.17) is 9.47 Å². The molecule has 0 aromatic heterocycles. The summed E-state index contributed by atoms with van der Waals surface area (Å²) in [4.78, 5) is 51.1. The van der Waals surface area contributed by atoms with Gasteiger partial charge in [-0.05, 0) is 6.92 Å². The summed E-state index contributed by atoms with van der Waals surface area (Å²) in [5, 5.41) is 12.7. The largest absolute Gasteiger partial charge is 0.425 e. The minimum absolute atomic E-state index is 0.0571. The van der Waals surface area contributed by atoms with E-state index in [1.807, 2.05) is 6.92 Å². The number of aliphatic hydroxyl groups excluding tert-OH is 1. The second-order valence-corrected chi connectivity index (χ2v) is 9.62. The average molecular weight is 441 g/mol. The summed E-state index contributed by atoms with van der Waals surface area (Å²) < 4.78 is 10.4. The summed E-state index contributed by atoms with van der Waals surface area (Å²) in [6.07, 6.45) is -1.63. The van der Waals surface area contributed by atoms with E-state index >= 15 is 0 Å². The first kappa shape index (κ1) is 22.6. The first-order valence-corrected chi connectivity index (χ1v) is 11.0. The monoisotopic (exact) mass is 440 g/mol. The van der Waals surface area contributed by atoms with Crippen LogP contribution in [0, 0.1) is 17.8 Å². The molecule has 2 fully saturated rings. The van der Waals surface area contributed by atoms with Crippen molar-refractivity contribution in [3.8, 4) is 0 Å². The Kier molecular flexibility index (Phi) is 6.47. The highest BCUT2D eigenvalue weighted by Crippen LogP contribution is 2.52. The van der Waals surface area contributed by atoms with Gasteiger partial charge >= 0.3 is 11.9 Å². The van der Waals surface area contributed by atoms with Crippen LogP contribution in [0.2, 0.25) is 0 Å². The Morgan fingerprint density at radius 1 is 1.20 bits per heavy atom. The van der Waals surface area contributed by atoms with Crippen LogP contribution in [-0.2, 0) is 28.7 Å². The smallest absolute Gasteiger partial charge is 0.358 e. The molecule has 0 saturated carbocycles. The van der Waals surface area contributed by atoms with Gasteiger partial charge in [-0.2, -0.15) is 0 Å². The predicted octanol–water partition coefficient (Wildman–Crippen LogP) is 0.766. The van der Waals surface area contributed by atoms with Crippen molar-refractivity contribution in [1.29, 1.82) is 0 Å². The summed E-state index contributed by atoms with van der Waals surface area (Å²) in [6.45, 7) is 8.71. The number of thioether (sulfide) groups is 1. The molecule has 3 heterocycles. The minimum Gasteiger partial charge on any atom is -0.425 e. The lowest BCUT2D eigenvalue weighted by molar-refractivity contribution is -0.187. The van der Waals surface area contributed by atoms with Crippen LogP contribution in [0.3, 0.4) is 0 Å². The number of β-lactam (4-membered cyclic amide) rings is 1. The fourth-order valence-corrected chi connectivity index (χ4v) is 5.45. The van der Waals surface area contributed by atoms with Gasteiger partial charge in [0.1, 0.15) is 5.70 Å². The molecule has 9 nitrogen and oxygen atoms in total. The standard InChI is InChI=1S/C20H28N2O7S/c1-8(2)19(26)28-11(5)29-20(27)16-17(30-12-6-13(24)21-7-12)9(3)15-14(10(4)23)18(25)22(15)16/h8-12,14-15,23H,6-7H2,1-5H3,(H,21,24)/t9-,10-,11?,12?,14-,15-/m1/s1. The summed E-state index contributed by atoms with van der Waals surface area (Å²) in [6, 6.07) is -0.346. The first-order chi connectivity index (χ1) is 14.0. The van der Waals surface area contributed by atoms with E-state index in [1.54, 1.807) is 20.8 Å². The normalized spacial score (nSPS) is 30.0. The van der Waals surface area contributed by atoms with E-state index in [1.165, 1.54) is 23.6 Å². The summed E-state index contributed by atoms with van der Waals surface area (Å²) in [5.74, 6) is -2.81. The number of rotatable bonds is 7. The number of ether oxygens (including phenoxy) is 2. The Hall–Kier alpha value is -2.07. The summed E-state index contributed by atoms with van der Waals surface area (Å²) in [5.41, 5.74) is 0.117. The Bertz CT molecular complexity index is 794. The predicted molar refractivity (Wildman–Crippen MR) is 107 cm³/mol. The SMILES string of the molecule is CC(OC(=O)C1=C(SC2CNC(=O)C2)[C@H](C)[C@@H]2[C@@H]([C@@H](C)O)C(=O)N12)OC(=O)C(C)C. The van der Waals surface area contributed by atoms with E-state index in [-0.39, 0.29) is 40.6 Å². The van der Waals surface area contributed by atoms with Crippen molar-refractivity contribution < 1.29 is 33.8 Å². The van der Waals surface area contributed by atoms with Gasteiger partial charge in [-0.25, -0.2) is 4.79 Å². The Morgan fingerprint density at radius 2 is 1.87 bits per heavy atom. The number of nitrogens with one attached hydrogen (secondary N) is 1. The molecule has 0 aliphatic carbocycles. The van der Waals surface area contributed by atoms with E-state index < -0.39 is 30.3 Å². The number of nitrogens with zero attached hydrogens (tertiary/aromatic N) is 1. The Labute approximate surface area is 179 Å². The summed E-state index contributed by atoms with van der Waals surface area (Å²) >= 11 is 1.38. The molecule has 0 bridgehead atoms. The zero-order chi connectivity index (χ0) is 22.3. The van der Waals surface area contributed by atoms with E-state index in [0.29, 0.717) is 17.9 Å². The fraction of sp³-hybridized carbons (Fsp3) is 0.700. The molecule has 2 N–H and O–H groups in total. The van der Waals surface area contributed by atoms with Crippen LogP contribution < -0.4 is 5.32 Å². The van der Waals surface area contributed by atoms with Crippen LogP contribution >= 0.6 is 11.8 Å². The molecule has 10 heteroatoms. The van der Waals surface area contributed by atoms with Gasteiger partial charge in [0.15, 0.2) is 0 Å². The molecule has 3 aliphatic rings. The number of carbonyl (C=O) groups is 4. The Morgan fingerprint density at radius 3 is 2.40 bits per heavy atom. The molecule has 166 valence electrons. The highest BCUT2D eigenvalue weighted by atomic mass is 32.2. The molecule has 0 radical (unpaired) electrons. The molecule has 3 aliphatic heterocycles. The maximum Gasteiger partial charge on any atom is 0.358 e. The van der Waals surface area contributed by atoms with Crippen molar-refractivity contribution >= 4 is 35.5 Å². The number of esters is 2. The second-order valence-electron chi connectivity index (χ2n) is 8.28. The van der Waals surface area contributed by atoms with Gasteiger partial charge in [0.2, 0.25) is 18.1 Å². The third-order valence-electron chi connectivity index (χ3n) is 5.56. The van der Waals surface area contributed by atoms with Gasteiger partial charge in [0.05, 0.1) is 24.0 Å². The lowest BCUT2D eigenvalue weighted by atomic mass is 9.79. The maximum atomic E-state index is 13.0. The van der Waals surface area contributed by atoms with Gasteiger partial charge in [-0.1, -0.05) is 20.8 Å². The topological polar surface area (TPSA) is 122 Å². The lowest BCUT2D eigenvalue weighted by Gasteiger charge is -2.46. The van der Waals surface area contributed by atoms with Crippen molar-refractivity contribution in [2.24, 2.45) is 17.8 Å². The quantitative estimate of drug-likeness (QED) is 0.338. The lowest BCUT2D eigenvalue weighted by Crippen LogP contribution is -2.63. The number of carbonyl (C=O) groups excluding carboxylic acids is 4. The van der Waals surface area contributed by atoms with Crippen molar-refractivity contribution in [2.75, 3.05) is 6.54 Å². The number of aliphatic hydroxyl groups is 1. The Balaban J connectivity index is 1.83. The molecule has 0 spiro atoms. The molecule has 30 heavy (non-hydrogen) atoms. The number of amides is 2. The van der Waals surface area contributed by atoms with Crippen LogP contribution in [0.4, 0.5) is 0 Å². The second kappa shape index (κ2) is 8.58. The van der Waals surface area contributed by atoms with Gasteiger partial charge in [-0.3, -0.25) is 14.4 Å². The molecule has 2 saturated heterocycles. The van der Waals surface area contributed by atoms with E-state index in [2.05, 4.69) is 5.32 Å². The molecular weight excluding hydrogens is 412 g/mol. The minimum atomic E-state index is -1.11. The zero-order valence-corrected chi connectivity index (χ0v) is 18.5. The van der Waals surface area contributed by atoms with Gasteiger partial charge in [0, 0.05) is 36.0 Å². The molecule has 0 aromatic carbocycles. The highest BCUT2D eigenvalue weighted by molar-refractivity contribution is 8.03. The van der Waals surface area contributed by atoms with Gasteiger partial charge in [0.25, 0.3) is 0 Å². The molecule has 2 amide bonds. The molecule has 2 unspecified atom stereocenters. The maximum absolute atomic E-state index is 13.0. The number of hydrogen-bond donors (Lipinski definition) is 2. The van der Waals surface area contributed by atoms with Crippen molar-refractivity contribution in [3.63, 3.8) is 0 Å². The average Bonchev–Trinajstić information content (AvgIpc) is 3.14. The molecule has 0 aromatic rings. The van der Waals surface area contributed by atoms with Gasteiger partial charge < -0.3 is 24.8 Å². The van der Waals surface area contributed by atoms with Gasteiger partial charge in [-0.15, -0.1) is 11.8 Å². The van der Waals surface area contributed by atoms with Crippen LogP contribution in [0.25, 0.3) is 0 Å². The van der Waals surface area contributed by atoms with Crippen LogP contribution in [0.5, 0.6) is 0 Å². The summed E-state index contributed by atoms with van der Waals surface area (Å²) in [7, 11) is 0. The molecular formula is C20H28N2O7S. The van der Waals surface area contributed by atoms with Crippen LogP contribution in [0.15, 0.2) is 10.6 Å².